The van der Waals surface area contributed by atoms with Crippen molar-refractivity contribution in [2.45, 2.75) is 0 Å². The zero-order valence-electron chi connectivity index (χ0n) is 8.25. The molecule has 0 amide bonds. The van der Waals surface area contributed by atoms with Gasteiger partial charge in [0.1, 0.15) is 0 Å². The zero-order valence-corrected chi connectivity index (χ0v) is 9.01. The number of nitrogens with zero attached hydrogens (tertiary/aromatic N) is 1. The van der Waals surface area contributed by atoms with Gasteiger partial charge in [-0.1, -0.05) is 36.4 Å². The van der Waals surface area contributed by atoms with Gasteiger partial charge in [-0.2, -0.15) is 4.57 Å². The van der Waals surface area contributed by atoms with E-state index >= 15 is 0 Å². The van der Waals surface area contributed by atoms with E-state index in [2.05, 4.69) is 18.2 Å². The van der Waals surface area contributed by atoms with Crippen LogP contribution in [0.3, 0.4) is 0 Å². The third kappa shape index (κ3) is 3.56. The van der Waals surface area contributed by atoms with Crippen LogP contribution in [0.5, 0.6) is 0 Å². The van der Waals surface area contributed by atoms with Crippen molar-refractivity contribution in [1.29, 1.82) is 0 Å². The summed E-state index contributed by atoms with van der Waals surface area (Å²) in [5.41, 5.74) is 1.21. The van der Waals surface area contributed by atoms with Crippen LogP contribution in [0, 0.1) is 0 Å². The van der Waals surface area contributed by atoms with Crippen LogP contribution < -0.4 is 17.0 Å². The molecule has 0 saturated heterocycles. The lowest BCUT2D eigenvalue weighted by Crippen LogP contribution is -3.00. The molecule has 0 aliphatic carbocycles. The molecular formula is C13H12ClN. The van der Waals surface area contributed by atoms with Crippen LogP contribution in [0.1, 0.15) is 5.56 Å². The van der Waals surface area contributed by atoms with Gasteiger partial charge in [-0.3, -0.25) is 0 Å². The van der Waals surface area contributed by atoms with Gasteiger partial charge in [-0.25, -0.2) is 0 Å². The highest BCUT2D eigenvalue weighted by Gasteiger charge is 1.89. The molecule has 76 valence electrons. The van der Waals surface area contributed by atoms with E-state index in [9.17, 15) is 0 Å². The van der Waals surface area contributed by atoms with Crippen molar-refractivity contribution in [3.05, 3.63) is 66.5 Å². The maximum absolute atomic E-state index is 2.08. The van der Waals surface area contributed by atoms with Crippen molar-refractivity contribution in [2.24, 2.45) is 0 Å². The SMILES string of the molecule is C(=C[n+]1ccccc1)c1ccccc1.[Cl-]. The molecule has 2 rings (SSSR count). The minimum Gasteiger partial charge on any atom is -1.00 e. The van der Waals surface area contributed by atoms with E-state index in [1.54, 1.807) is 0 Å². The number of hydrogen-bond acceptors (Lipinski definition) is 0. The second kappa shape index (κ2) is 5.99. The molecule has 1 aromatic heterocycles. The fraction of sp³-hybridized carbons (Fsp3) is 0. The standard InChI is InChI=1S/C13H12N.ClH/c1-3-7-13(8-4-1)9-12-14-10-5-2-6-11-14;/h1-12H;1H/q+1;/p-1. The van der Waals surface area contributed by atoms with Gasteiger partial charge in [-0.15, -0.1) is 0 Å². The Morgan fingerprint density at radius 1 is 0.800 bits per heavy atom. The Morgan fingerprint density at radius 3 is 2.07 bits per heavy atom. The van der Waals surface area contributed by atoms with Crippen LogP contribution in [0.25, 0.3) is 12.3 Å². The summed E-state index contributed by atoms with van der Waals surface area (Å²) in [6.07, 6.45) is 8.15. The highest BCUT2D eigenvalue weighted by atomic mass is 35.5. The van der Waals surface area contributed by atoms with Crippen molar-refractivity contribution in [2.75, 3.05) is 0 Å². The van der Waals surface area contributed by atoms with Crippen LogP contribution in [-0.2, 0) is 0 Å². The van der Waals surface area contributed by atoms with E-state index in [0.717, 1.165) is 0 Å². The Bertz CT molecular complexity index is 368. The fourth-order valence-electron chi connectivity index (χ4n) is 1.25. The minimum absolute atomic E-state index is 0. The van der Waals surface area contributed by atoms with Gasteiger partial charge in [0.15, 0.2) is 18.6 Å². The normalized spacial score (nSPS) is 9.87. The van der Waals surface area contributed by atoms with Crippen molar-refractivity contribution >= 4 is 12.3 Å². The predicted molar refractivity (Wildman–Crippen MR) is 58.3 cm³/mol. The van der Waals surface area contributed by atoms with E-state index in [0.29, 0.717) is 0 Å². The number of hydrogen-bond donors (Lipinski definition) is 0. The Balaban J connectivity index is 0.00000112. The van der Waals surface area contributed by atoms with Crippen LogP contribution in [0.15, 0.2) is 60.9 Å². The molecule has 15 heavy (non-hydrogen) atoms. The van der Waals surface area contributed by atoms with Crippen molar-refractivity contribution < 1.29 is 17.0 Å². The van der Waals surface area contributed by atoms with Crippen molar-refractivity contribution in [1.82, 2.24) is 0 Å². The lowest BCUT2D eigenvalue weighted by Gasteiger charge is -1.88. The maximum atomic E-state index is 2.08. The summed E-state index contributed by atoms with van der Waals surface area (Å²) in [5, 5.41) is 0. The zero-order chi connectivity index (χ0) is 9.64. The van der Waals surface area contributed by atoms with Crippen LogP contribution in [0.4, 0.5) is 0 Å². The number of halogens is 1. The lowest BCUT2D eigenvalue weighted by atomic mass is 10.2. The highest BCUT2D eigenvalue weighted by molar-refractivity contribution is 5.56. The summed E-state index contributed by atoms with van der Waals surface area (Å²) in [7, 11) is 0. The Labute approximate surface area is 96.1 Å². The number of rotatable bonds is 2. The first-order valence-electron chi connectivity index (χ1n) is 4.64. The molecule has 1 heterocycles. The Hall–Kier alpha value is -1.60. The van der Waals surface area contributed by atoms with E-state index in [-0.39, 0.29) is 12.4 Å². The maximum Gasteiger partial charge on any atom is 0.175 e. The molecule has 0 saturated carbocycles. The van der Waals surface area contributed by atoms with Crippen LogP contribution >= 0.6 is 0 Å². The Kier molecular flexibility index (Phi) is 4.58. The number of benzene rings is 1. The van der Waals surface area contributed by atoms with Gasteiger partial charge in [0.05, 0.1) is 0 Å². The van der Waals surface area contributed by atoms with Gasteiger partial charge >= 0.3 is 0 Å². The first-order valence-corrected chi connectivity index (χ1v) is 4.64. The van der Waals surface area contributed by atoms with Gasteiger partial charge in [0.25, 0.3) is 0 Å². The second-order valence-electron chi connectivity index (χ2n) is 3.05. The monoisotopic (exact) mass is 217 g/mol. The molecule has 0 aliphatic rings. The van der Waals surface area contributed by atoms with E-state index in [4.69, 9.17) is 0 Å². The summed E-state index contributed by atoms with van der Waals surface area (Å²) in [4.78, 5) is 0. The quantitative estimate of drug-likeness (QED) is 0.604. The molecule has 0 aliphatic heterocycles. The third-order valence-electron chi connectivity index (χ3n) is 1.98. The summed E-state index contributed by atoms with van der Waals surface area (Å²) in [6.45, 7) is 0. The fourth-order valence-corrected chi connectivity index (χ4v) is 1.25. The number of aromatic nitrogens is 1. The predicted octanol–water partition coefficient (Wildman–Crippen LogP) is -0.394. The largest absolute Gasteiger partial charge is 1.00 e. The molecule has 0 radical (unpaired) electrons. The number of pyridine rings is 1. The van der Waals surface area contributed by atoms with E-state index in [1.807, 2.05) is 59.6 Å². The summed E-state index contributed by atoms with van der Waals surface area (Å²) in [6, 6.07) is 16.3. The molecule has 0 unspecified atom stereocenters. The summed E-state index contributed by atoms with van der Waals surface area (Å²) in [5.74, 6) is 0. The van der Waals surface area contributed by atoms with Crippen LogP contribution in [0.2, 0.25) is 0 Å². The second-order valence-corrected chi connectivity index (χ2v) is 3.05. The van der Waals surface area contributed by atoms with Gasteiger partial charge in [-0.05, 0) is 5.56 Å². The van der Waals surface area contributed by atoms with Gasteiger partial charge in [0.2, 0.25) is 0 Å². The van der Waals surface area contributed by atoms with E-state index in [1.165, 1.54) is 5.56 Å². The lowest BCUT2D eigenvalue weighted by molar-refractivity contribution is -0.567. The molecule has 1 nitrogen and oxygen atoms in total. The van der Waals surface area contributed by atoms with Gasteiger partial charge < -0.3 is 12.4 Å². The topological polar surface area (TPSA) is 3.88 Å². The van der Waals surface area contributed by atoms with Gasteiger partial charge in [0, 0.05) is 18.2 Å². The molecule has 0 fully saturated rings. The average molecular weight is 218 g/mol. The summed E-state index contributed by atoms with van der Waals surface area (Å²) >= 11 is 0. The van der Waals surface area contributed by atoms with Crippen molar-refractivity contribution in [3.63, 3.8) is 0 Å². The molecule has 0 N–H and O–H groups in total. The first kappa shape index (κ1) is 11.5. The van der Waals surface area contributed by atoms with Crippen molar-refractivity contribution in [3.8, 4) is 0 Å². The van der Waals surface area contributed by atoms with E-state index < -0.39 is 0 Å². The molecule has 1 aromatic carbocycles. The molecular weight excluding hydrogens is 206 g/mol. The Morgan fingerprint density at radius 2 is 1.40 bits per heavy atom. The smallest absolute Gasteiger partial charge is 0.175 e. The summed E-state index contributed by atoms with van der Waals surface area (Å²) < 4.78 is 2.02. The highest BCUT2D eigenvalue weighted by Crippen LogP contribution is 1.99. The molecule has 2 heteroatoms. The molecule has 2 aromatic rings. The molecule has 0 spiro atoms. The molecule has 0 atom stereocenters. The third-order valence-corrected chi connectivity index (χ3v) is 1.98. The minimum atomic E-state index is 0. The van der Waals surface area contributed by atoms with Crippen LogP contribution in [-0.4, -0.2) is 0 Å². The average Bonchev–Trinajstić information content (AvgIpc) is 2.29. The first-order chi connectivity index (χ1) is 6.95. The molecule has 0 bridgehead atoms.